The second-order valence-electron chi connectivity index (χ2n) is 7.51. The minimum atomic E-state index is -4.68. The van der Waals surface area contributed by atoms with Crippen molar-refractivity contribution in [2.75, 3.05) is 19.8 Å². The number of nitrogens with zero attached hydrogens (tertiary/aromatic N) is 2. The third-order valence-corrected chi connectivity index (χ3v) is 5.68. The Balaban J connectivity index is 1.57. The summed E-state index contributed by atoms with van der Waals surface area (Å²) in [5, 5.41) is -0.580. The summed E-state index contributed by atoms with van der Waals surface area (Å²) in [7, 11) is 0. The third kappa shape index (κ3) is 4.51. The Kier molecular flexibility index (Phi) is 5.88. The number of hydrogen-bond acceptors (Lipinski definition) is 4. The highest BCUT2D eigenvalue weighted by Gasteiger charge is 2.34. The van der Waals surface area contributed by atoms with Crippen LogP contribution in [-0.4, -0.2) is 35.1 Å². The molecule has 0 spiro atoms. The summed E-state index contributed by atoms with van der Waals surface area (Å²) in [6.45, 7) is 1.01. The van der Waals surface area contributed by atoms with Crippen molar-refractivity contribution in [2.45, 2.75) is 38.0 Å². The first-order chi connectivity index (χ1) is 14.7. The standard InChI is InChI=1S/C21H20ClF3N2O4/c22-15-10-14(21(23,24)25)11-26(20(15)29)12-19(28)27-6-1-3-16(27)13-4-5-17-18(9-13)31-8-2-7-30-17/h4-5,9-11,16H,1-3,6-8,12H2/t16-/m1/s1. The molecule has 0 N–H and O–H groups in total. The Morgan fingerprint density at radius 1 is 1.13 bits per heavy atom. The molecule has 1 fully saturated rings. The smallest absolute Gasteiger partial charge is 0.417 e. The molecular weight excluding hydrogens is 437 g/mol. The second kappa shape index (κ2) is 8.45. The van der Waals surface area contributed by atoms with Crippen molar-refractivity contribution in [1.29, 1.82) is 0 Å². The number of ether oxygens (including phenoxy) is 2. The first kappa shape index (κ1) is 21.5. The Hall–Kier alpha value is -2.68. The van der Waals surface area contributed by atoms with Crippen molar-refractivity contribution < 1.29 is 27.4 Å². The minimum absolute atomic E-state index is 0.262. The summed E-state index contributed by atoms with van der Waals surface area (Å²) in [6.07, 6.45) is -1.84. The number of halogens is 4. The molecule has 0 aliphatic carbocycles. The fraction of sp³-hybridized carbons (Fsp3) is 0.429. The molecule has 0 saturated carbocycles. The lowest BCUT2D eigenvalue weighted by Crippen LogP contribution is -2.36. The molecule has 1 aromatic carbocycles. The molecule has 4 rings (SSSR count). The lowest BCUT2D eigenvalue weighted by Gasteiger charge is -2.26. The van der Waals surface area contributed by atoms with Crippen molar-refractivity contribution in [1.82, 2.24) is 9.47 Å². The van der Waals surface area contributed by atoms with E-state index in [-0.39, 0.29) is 6.04 Å². The van der Waals surface area contributed by atoms with Crippen molar-refractivity contribution in [3.63, 3.8) is 0 Å². The van der Waals surface area contributed by atoms with E-state index in [1.54, 1.807) is 11.0 Å². The molecule has 2 aliphatic rings. The van der Waals surface area contributed by atoms with Gasteiger partial charge in [-0.2, -0.15) is 13.2 Å². The Morgan fingerprint density at radius 2 is 1.87 bits per heavy atom. The number of aromatic nitrogens is 1. The molecule has 1 saturated heterocycles. The van der Waals surface area contributed by atoms with Crippen LogP contribution in [0, 0.1) is 0 Å². The summed E-state index contributed by atoms with van der Waals surface area (Å²) in [6, 6.07) is 5.80. The molecule has 166 valence electrons. The van der Waals surface area contributed by atoms with Gasteiger partial charge in [-0.05, 0) is 36.6 Å². The normalized spacial score (nSPS) is 18.7. The zero-order valence-corrected chi connectivity index (χ0v) is 17.2. The number of fused-ring (bicyclic) bond motifs is 1. The molecule has 2 aromatic rings. The van der Waals surface area contributed by atoms with Crippen molar-refractivity contribution in [3.05, 3.63) is 57.0 Å². The van der Waals surface area contributed by atoms with E-state index in [4.69, 9.17) is 21.1 Å². The van der Waals surface area contributed by atoms with E-state index < -0.39 is 34.8 Å². The van der Waals surface area contributed by atoms with Crippen LogP contribution < -0.4 is 15.0 Å². The second-order valence-corrected chi connectivity index (χ2v) is 7.92. The van der Waals surface area contributed by atoms with Gasteiger partial charge in [0.1, 0.15) is 11.6 Å². The number of alkyl halides is 3. The van der Waals surface area contributed by atoms with Gasteiger partial charge < -0.3 is 18.9 Å². The quantitative estimate of drug-likeness (QED) is 0.699. The van der Waals surface area contributed by atoms with Crippen molar-refractivity contribution in [3.8, 4) is 11.5 Å². The number of rotatable bonds is 3. The molecular formula is C21H20ClF3N2O4. The van der Waals surface area contributed by atoms with Crippen LogP contribution in [0.25, 0.3) is 0 Å². The van der Waals surface area contributed by atoms with Crippen LogP contribution in [-0.2, 0) is 17.5 Å². The van der Waals surface area contributed by atoms with E-state index in [9.17, 15) is 22.8 Å². The summed E-state index contributed by atoms with van der Waals surface area (Å²) in [5.41, 5.74) is -1.07. The van der Waals surface area contributed by atoms with Crippen LogP contribution in [0.1, 0.15) is 36.4 Å². The van der Waals surface area contributed by atoms with Gasteiger partial charge in [-0.25, -0.2) is 0 Å². The fourth-order valence-electron chi connectivity index (χ4n) is 3.91. The van der Waals surface area contributed by atoms with Crippen LogP contribution in [0.3, 0.4) is 0 Å². The molecule has 1 atom stereocenters. The van der Waals surface area contributed by atoms with Gasteiger partial charge in [0.15, 0.2) is 11.5 Å². The Morgan fingerprint density at radius 3 is 2.61 bits per heavy atom. The van der Waals surface area contributed by atoms with Gasteiger partial charge in [0.25, 0.3) is 5.56 Å². The maximum absolute atomic E-state index is 13.1. The average molecular weight is 457 g/mol. The van der Waals surface area contributed by atoms with E-state index in [1.165, 1.54) is 0 Å². The maximum Gasteiger partial charge on any atom is 0.417 e. The number of benzene rings is 1. The van der Waals surface area contributed by atoms with Crippen LogP contribution in [0.4, 0.5) is 13.2 Å². The monoisotopic (exact) mass is 456 g/mol. The van der Waals surface area contributed by atoms with Gasteiger partial charge in [0, 0.05) is 19.2 Å². The minimum Gasteiger partial charge on any atom is -0.490 e. The number of likely N-dealkylation sites (tertiary alicyclic amines) is 1. The van der Waals surface area contributed by atoms with Crippen LogP contribution in [0.5, 0.6) is 11.5 Å². The van der Waals surface area contributed by atoms with E-state index >= 15 is 0 Å². The molecule has 6 nitrogen and oxygen atoms in total. The van der Waals surface area contributed by atoms with Gasteiger partial charge in [-0.15, -0.1) is 0 Å². The third-order valence-electron chi connectivity index (χ3n) is 5.40. The Labute approximate surface area is 181 Å². The number of hydrogen-bond donors (Lipinski definition) is 0. The highest BCUT2D eigenvalue weighted by molar-refractivity contribution is 6.30. The highest BCUT2D eigenvalue weighted by atomic mass is 35.5. The Bertz CT molecular complexity index is 1050. The first-order valence-electron chi connectivity index (χ1n) is 9.90. The average Bonchev–Trinajstić information content (AvgIpc) is 3.09. The summed E-state index contributed by atoms with van der Waals surface area (Å²) >= 11 is 5.69. The topological polar surface area (TPSA) is 60.8 Å². The van der Waals surface area contributed by atoms with Gasteiger partial charge in [0.05, 0.1) is 24.8 Å². The summed E-state index contributed by atoms with van der Waals surface area (Å²) < 4.78 is 51.3. The van der Waals surface area contributed by atoms with Crippen LogP contribution >= 0.6 is 11.6 Å². The number of carbonyl (C=O) groups excluding carboxylic acids is 1. The maximum atomic E-state index is 13.1. The largest absolute Gasteiger partial charge is 0.490 e. The number of amides is 1. The summed E-state index contributed by atoms with van der Waals surface area (Å²) in [5.74, 6) is 0.796. The predicted molar refractivity (Wildman–Crippen MR) is 106 cm³/mol. The lowest BCUT2D eigenvalue weighted by atomic mass is 10.0. The van der Waals surface area contributed by atoms with Gasteiger partial charge in [0.2, 0.25) is 5.91 Å². The van der Waals surface area contributed by atoms with Crippen molar-refractivity contribution in [2.24, 2.45) is 0 Å². The zero-order chi connectivity index (χ0) is 22.2. The molecule has 0 bridgehead atoms. The molecule has 1 amide bonds. The SMILES string of the molecule is O=C(Cn1cc(C(F)(F)F)cc(Cl)c1=O)N1CCC[C@@H]1c1ccc2c(c1)OCCCO2. The fourth-order valence-corrected chi connectivity index (χ4v) is 4.13. The molecule has 0 unspecified atom stereocenters. The molecule has 2 aliphatic heterocycles. The predicted octanol–water partition coefficient (Wildman–Crippen LogP) is 4.05. The molecule has 10 heteroatoms. The van der Waals surface area contributed by atoms with Gasteiger partial charge in [-0.3, -0.25) is 9.59 Å². The molecule has 31 heavy (non-hydrogen) atoms. The summed E-state index contributed by atoms with van der Waals surface area (Å²) in [4.78, 5) is 26.7. The van der Waals surface area contributed by atoms with Crippen LogP contribution in [0.2, 0.25) is 5.02 Å². The number of carbonyl (C=O) groups is 1. The van der Waals surface area contributed by atoms with Gasteiger partial charge >= 0.3 is 6.18 Å². The van der Waals surface area contributed by atoms with E-state index in [0.717, 1.165) is 23.0 Å². The van der Waals surface area contributed by atoms with Crippen molar-refractivity contribution >= 4 is 17.5 Å². The highest BCUT2D eigenvalue weighted by Crippen LogP contribution is 2.38. The molecule has 1 aromatic heterocycles. The lowest BCUT2D eigenvalue weighted by molar-refractivity contribution is -0.139. The van der Waals surface area contributed by atoms with E-state index in [2.05, 4.69) is 0 Å². The zero-order valence-electron chi connectivity index (χ0n) is 16.5. The molecule has 0 radical (unpaired) electrons. The number of pyridine rings is 1. The van der Waals surface area contributed by atoms with Crippen LogP contribution in [0.15, 0.2) is 35.3 Å². The van der Waals surface area contributed by atoms with Gasteiger partial charge in [-0.1, -0.05) is 17.7 Å². The first-order valence-corrected chi connectivity index (χ1v) is 10.3. The van der Waals surface area contributed by atoms with E-state index in [0.29, 0.717) is 49.9 Å². The molecule has 3 heterocycles. The van der Waals surface area contributed by atoms with E-state index in [1.807, 2.05) is 12.1 Å².